The van der Waals surface area contributed by atoms with E-state index in [1.165, 1.54) is 0 Å². The van der Waals surface area contributed by atoms with Gasteiger partial charge in [-0.05, 0) is 43.0 Å². The molecule has 5 nitrogen and oxygen atoms in total. The zero-order valence-electron chi connectivity index (χ0n) is 13.7. The van der Waals surface area contributed by atoms with E-state index in [9.17, 15) is 0 Å². The molecule has 0 radical (unpaired) electrons. The molecule has 0 fully saturated rings. The Hall–Kier alpha value is -2.30. The summed E-state index contributed by atoms with van der Waals surface area (Å²) in [7, 11) is 1.66. The van der Waals surface area contributed by atoms with Crippen LogP contribution in [0.3, 0.4) is 0 Å². The summed E-state index contributed by atoms with van der Waals surface area (Å²) in [5, 5.41) is 6.54. The van der Waals surface area contributed by atoms with Gasteiger partial charge in [-0.2, -0.15) is 4.98 Å². The summed E-state index contributed by atoms with van der Waals surface area (Å²) in [6, 6.07) is 7.84. The van der Waals surface area contributed by atoms with Crippen molar-refractivity contribution >= 4 is 17.5 Å². The molecule has 0 aliphatic heterocycles. The van der Waals surface area contributed by atoms with Crippen LogP contribution >= 0.6 is 0 Å². The van der Waals surface area contributed by atoms with Gasteiger partial charge >= 0.3 is 0 Å². The Kier molecular flexibility index (Phi) is 5.58. The van der Waals surface area contributed by atoms with E-state index in [4.69, 9.17) is 4.74 Å². The molecule has 1 heterocycles. The van der Waals surface area contributed by atoms with Crippen LogP contribution in [0.2, 0.25) is 0 Å². The third-order valence-corrected chi connectivity index (χ3v) is 3.28. The van der Waals surface area contributed by atoms with E-state index in [2.05, 4.69) is 34.4 Å². The van der Waals surface area contributed by atoms with Crippen LogP contribution < -0.4 is 15.4 Å². The Balaban J connectivity index is 2.08. The van der Waals surface area contributed by atoms with E-state index in [0.29, 0.717) is 11.9 Å². The molecular formula is C17H24N4O. The summed E-state index contributed by atoms with van der Waals surface area (Å²) in [6.45, 7) is 7.31. The molecule has 2 rings (SSSR count). The van der Waals surface area contributed by atoms with Crippen molar-refractivity contribution in [2.45, 2.75) is 27.2 Å². The Labute approximate surface area is 132 Å². The minimum atomic E-state index is 0.636. The zero-order chi connectivity index (χ0) is 15.9. The van der Waals surface area contributed by atoms with Gasteiger partial charge in [-0.3, -0.25) is 0 Å². The Morgan fingerprint density at radius 2 is 2.05 bits per heavy atom. The number of benzene rings is 1. The molecule has 0 amide bonds. The molecule has 2 aromatic rings. The number of aromatic nitrogens is 2. The summed E-state index contributed by atoms with van der Waals surface area (Å²) in [5.74, 6) is 2.83. The maximum absolute atomic E-state index is 5.37. The van der Waals surface area contributed by atoms with Gasteiger partial charge in [-0.25, -0.2) is 4.98 Å². The smallest absolute Gasteiger partial charge is 0.224 e. The lowest BCUT2D eigenvalue weighted by molar-refractivity contribution is 0.416. The number of hydrogen-bond acceptors (Lipinski definition) is 5. The second kappa shape index (κ2) is 7.64. The lowest BCUT2D eigenvalue weighted by atomic mass is 10.1. The Bertz CT molecular complexity index is 613. The summed E-state index contributed by atoms with van der Waals surface area (Å²) in [5.41, 5.74) is 2.06. The molecule has 1 aromatic carbocycles. The number of nitrogens with one attached hydrogen (secondary N) is 2. The molecule has 0 aliphatic carbocycles. The lowest BCUT2D eigenvalue weighted by Crippen LogP contribution is -2.08. The van der Waals surface area contributed by atoms with Crippen molar-refractivity contribution in [3.8, 4) is 5.75 Å². The third kappa shape index (κ3) is 4.62. The van der Waals surface area contributed by atoms with Crippen LogP contribution in [0.25, 0.3) is 0 Å². The monoisotopic (exact) mass is 300 g/mol. The molecule has 0 bridgehead atoms. The highest BCUT2D eigenvalue weighted by atomic mass is 16.5. The minimum Gasteiger partial charge on any atom is -0.495 e. The van der Waals surface area contributed by atoms with Crippen LogP contribution in [-0.4, -0.2) is 23.6 Å². The Morgan fingerprint density at radius 1 is 1.23 bits per heavy atom. The standard InChI is InChI=1S/C17H24N4O/c1-12(2)7-9-18-17-19-10-8-16(21-17)20-14-11-13(3)5-6-15(14)22-4/h5-6,8,10-12H,7,9H2,1-4H3,(H2,18,19,20,21). The third-order valence-electron chi connectivity index (χ3n) is 3.28. The van der Waals surface area contributed by atoms with E-state index in [0.717, 1.165) is 35.8 Å². The maximum atomic E-state index is 5.37. The van der Waals surface area contributed by atoms with Crippen molar-refractivity contribution in [2.24, 2.45) is 5.92 Å². The van der Waals surface area contributed by atoms with Crippen molar-refractivity contribution in [2.75, 3.05) is 24.3 Å². The van der Waals surface area contributed by atoms with Gasteiger partial charge in [0, 0.05) is 12.7 Å². The highest BCUT2D eigenvalue weighted by Crippen LogP contribution is 2.27. The normalized spacial score (nSPS) is 10.6. The fraction of sp³-hybridized carbons (Fsp3) is 0.412. The van der Waals surface area contributed by atoms with Crippen LogP contribution in [0.4, 0.5) is 17.5 Å². The Morgan fingerprint density at radius 3 is 2.77 bits per heavy atom. The molecule has 118 valence electrons. The number of aryl methyl sites for hydroxylation is 1. The molecule has 0 atom stereocenters. The molecule has 2 N–H and O–H groups in total. The number of ether oxygens (including phenoxy) is 1. The van der Waals surface area contributed by atoms with Crippen molar-refractivity contribution in [3.05, 3.63) is 36.0 Å². The molecule has 0 aliphatic rings. The van der Waals surface area contributed by atoms with Gasteiger partial charge in [0.05, 0.1) is 12.8 Å². The van der Waals surface area contributed by atoms with Gasteiger partial charge in [-0.15, -0.1) is 0 Å². The lowest BCUT2D eigenvalue weighted by Gasteiger charge is -2.12. The molecule has 0 unspecified atom stereocenters. The molecule has 0 saturated heterocycles. The second-order valence-corrected chi connectivity index (χ2v) is 5.70. The highest BCUT2D eigenvalue weighted by molar-refractivity contribution is 5.65. The first kappa shape index (κ1) is 16.1. The first-order valence-electron chi connectivity index (χ1n) is 7.57. The number of hydrogen-bond donors (Lipinski definition) is 2. The van der Waals surface area contributed by atoms with Gasteiger partial charge in [0.25, 0.3) is 0 Å². The summed E-state index contributed by atoms with van der Waals surface area (Å²) >= 11 is 0. The molecule has 22 heavy (non-hydrogen) atoms. The quantitative estimate of drug-likeness (QED) is 0.809. The fourth-order valence-electron chi connectivity index (χ4n) is 2.04. The number of anilines is 3. The van der Waals surface area contributed by atoms with E-state index in [1.54, 1.807) is 13.3 Å². The molecule has 0 spiro atoms. The van der Waals surface area contributed by atoms with E-state index < -0.39 is 0 Å². The second-order valence-electron chi connectivity index (χ2n) is 5.70. The predicted octanol–water partition coefficient (Wildman–Crippen LogP) is 4.00. The van der Waals surface area contributed by atoms with Crippen LogP contribution in [-0.2, 0) is 0 Å². The first-order chi connectivity index (χ1) is 10.6. The van der Waals surface area contributed by atoms with Gasteiger partial charge in [0.1, 0.15) is 11.6 Å². The maximum Gasteiger partial charge on any atom is 0.224 e. The largest absolute Gasteiger partial charge is 0.495 e. The van der Waals surface area contributed by atoms with Gasteiger partial charge in [-0.1, -0.05) is 19.9 Å². The highest BCUT2D eigenvalue weighted by Gasteiger charge is 2.05. The summed E-state index contributed by atoms with van der Waals surface area (Å²) in [6.07, 6.45) is 2.84. The minimum absolute atomic E-state index is 0.636. The van der Waals surface area contributed by atoms with E-state index >= 15 is 0 Å². The number of methoxy groups -OCH3 is 1. The average molecular weight is 300 g/mol. The van der Waals surface area contributed by atoms with E-state index in [-0.39, 0.29) is 0 Å². The molecule has 0 saturated carbocycles. The SMILES string of the molecule is COc1ccc(C)cc1Nc1ccnc(NCCC(C)C)n1. The van der Waals surface area contributed by atoms with Crippen LogP contribution in [0.5, 0.6) is 5.75 Å². The summed E-state index contributed by atoms with van der Waals surface area (Å²) in [4.78, 5) is 8.73. The van der Waals surface area contributed by atoms with Crippen molar-refractivity contribution < 1.29 is 4.74 Å². The van der Waals surface area contributed by atoms with Crippen molar-refractivity contribution in [1.82, 2.24) is 9.97 Å². The molecular weight excluding hydrogens is 276 g/mol. The van der Waals surface area contributed by atoms with Gasteiger partial charge in [0.2, 0.25) is 5.95 Å². The first-order valence-corrected chi connectivity index (χ1v) is 7.57. The summed E-state index contributed by atoms with van der Waals surface area (Å²) < 4.78 is 5.37. The number of nitrogens with zero attached hydrogens (tertiary/aromatic N) is 2. The zero-order valence-corrected chi connectivity index (χ0v) is 13.7. The number of rotatable bonds is 7. The average Bonchev–Trinajstić information content (AvgIpc) is 2.47. The molecule has 1 aromatic heterocycles. The van der Waals surface area contributed by atoms with Crippen LogP contribution in [0.1, 0.15) is 25.8 Å². The van der Waals surface area contributed by atoms with Gasteiger partial charge in [0.15, 0.2) is 0 Å². The van der Waals surface area contributed by atoms with Crippen molar-refractivity contribution in [3.63, 3.8) is 0 Å². The van der Waals surface area contributed by atoms with Crippen LogP contribution in [0.15, 0.2) is 30.5 Å². The fourth-order valence-corrected chi connectivity index (χ4v) is 2.04. The predicted molar refractivity (Wildman–Crippen MR) is 91.0 cm³/mol. The van der Waals surface area contributed by atoms with Gasteiger partial charge < -0.3 is 15.4 Å². The van der Waals surface area contributed by atoms with Crippen LogP contribution in [0, 0.1) is 12.8 Å². The van der Waals surface area contributed by atoms with Crippen molar-refractivity contribution in [1.29, 1.82) is 0 Å². The van der Waals surface area contributed by atoms with E-state index in [1.807, 2.05) is 31.2 Å². The topological polar surface area (TPSA) is 59.1 Å². The molecule has 5 heteroatoms.